The quantitative estimate of drug-likeness (QED) is 0.652. The maximum Gasteiger partial charge on any atom is 0.306 e. The maximum absolute atomic E-state index is 10.8. The molecule has 0 aliphatic carbocycles. The van der Waals surface area contributed by atoms with Crippen molar-refractivity contribution >= 4 is 17.3 Å². The number of carbonyl (C=O) groups excluding carboxylic acids is 1. The van der Waals surface area contributed by atoms with Gasteiger partial charge in [0.1, 0.15) is 0 Å². The molecule has 0 bridgehead atoms. The molecule has 12 heavy (non-hydrogen) atoms. The fourth-order valence-corrected chi connectivity index (χ4v) is 2.23. The normalized spacial score (nSPS) is 22.7. The van der Waals surface area contributed by atoms with Gasteiger partial charge >= 0.3 is 5.97 Å². The average molecular weight is 182 g/mol. The topological polar surface area (TPSA) is 26.3 Å². The first-order valence-corrected chi connectivity index (χ1v) is 4.90. The highest BCUT2D eigenvalue weighted by Crippen LogP contribution is 2.21. The lowest BCUT2D eigenvalue weighted by atomic mass is 10.0. The van der Waals surface area contributed by atoms with Gasteiger partial charge in [0, 0.05) is 10.8 Å². The van der Waals surface area contributed by atoms with E-state index in [0.29, 0.717) is 18.9 Å². The van der Waals surface area contributed by atoms with E-state index in [0.717, 1.165) is 6.42 Å². The van der Waals surface area contributed by atoms with Gasteiger partial charge in [-0.05, 0) is 17.9 Å². The Morgan fingerprint density at radius 2 is 2.58 bits per heavy atom. The lowest BCUT2D eigenvalue weighted by molar-refractivity contribution is -0.137. The molecule has 0 amide bonds. The number of ether oxygens (including phenoxy) is 1. The second-order valence-corrected chi connectivity index (χ2v) is 4.07. The minimum Gasteiger partial charge on any atom is -0.465 e. The monoisotopic (exact) mass is 182 g/mol. The van der Waals surface area contributed by atoms with E-state index in [9.17, 15) is 4.79 Å². The third-order valence-corrected chi connectivity index (χ3v) is 2.90. The number of esters is 1. The number of rotatable bonds is 2. The highest BCUT2D eigenvalue weighted by molar-refractivity contribution is 7.09. The maximum atomic E-state index is 10.8. The van der Waals surface area contributed by atoms with E-state index >= 15 is 0 Å². The molecule has 0 saturated carbocycles. The van der Waals surface area contributed by atoms with Crippen molar-refractivity contribution in [2.24, 2.45) is 5.92 Å². The zero-order chi connectivity index (χ0) is 8.39. The van der Waals surface area contributed by atoms with Crippen LogP contribution in [0.4, 0.5) is 0 Å². The summed E-state index contributed by atoms with van der Waals surface area (Å²) in [6.07, 6.45) is 1.58. The van der Waals surface area contributed by atoms with Crippen LogP contribution in [0, 0.1) is 5.92 Å². The molecule has 1 aromatic rings. The van der Waals surface area contributed by atoms with Crippen molar-refractivity contribution < 1.29 is 9.53 Å². The average Bonchev–Trinajstić information content (AvgIpc) is 2.63. The van der Waals surface area contributed by atoms with E-state index < -0.39 is 0 Å². The molecule has 1 aliphatic rings. The van der Waals surface area contributed by atoms with E-state index in [-0.39, 0.29) is 5.97 Å². The molecule has 1 unspecified atom stereocenters. The van der Waals surface area contributed by atoms with E-state index in [1.165, 1.54) is 4.88 Å². The van der Waals surface area contributed by atoms with Crippen LogP contribution in [0.2, 0.25) is 0 Å². The van der Waals surface area contributed by atoms with Crippen LogP contribution in [-0.4, -0.2) is 12.6 Å². The molecule has 0 radical (unpaired) electrons. The van der Waals surface area contributed by atoms with Crippen LogP contribution in [0.25, 0.3) is 0 Å². The molecule has 1 saturated heterocycles. The van der Waals surface area contributed by atoms with Gasteiger partial charge in [0.2, 0.25) is 0 Å². The summed E-state index contributed by atoms with van der Waals surface area (Å²) in [6, 6.07) is 4.14. The summed E-state index contributed by atoms with van der Waals surface area (Å²) in [4.78, 5) is 12.1. The van der Waals surface area contributed by atoms with Gasteiger partial charge in [-0.2, -0.15) is 0 Å². The predicted octanol–water partition coefficient (Wildman–Crippen LogP) is 1.85. The first-order chi connectivity index (χ1) is 5.84. The van der Waals surface area contributed by atoms with Crippen LogP contribution < -0.4 is 0 Å². The molecular weight excluding hydrogens is 172 g/mol. The number of cyclic esters (lactones) is 1. The molecule has 0 spiro atoms. The van der Waals surface area contributed by atoms with E-state index in [1.807, 2.05) is 6.07 Å². The lowest BCUT2D eigenvalue weighted by Gasteiger charge is -2.01. The Hall–Kier alpha value is -0.830. The fourth-order valence-electron chi connectivity index (χ4n) is 1.41. The molecule has 0 N–H and O–H groups in total. The van der Waals surface area contributed by atoms with Gasteiger partial charge in [-0.25, -0.2) is 0 Å². The molecule has 3 heteroatoms. The Balaban J connectivity index is 1.92. The van der Waals surface area contributed by atoms with E-state index in [4.69, 9.17) is 4.74 Å². The second kappa shape index (κ2) is 3.27. The third kappa shape index (κ3) is 1.67. The van der Waals surface area contributed by atoms with Crippen LogP contribution in [0.3, 0.4) is 0 Å². The molecule has 1 fully saturated rings. The molecule has 2 heterocycles. The Morgan fingerprint density at radius 3 is 3.17 bits per heavy atom. The first-order valence-electron chi connectivity index (χ1n) is 4.02. The third-order valence-electron chi connectivity index (χ3n) is 2.01. The number of thiophene rings is 1. The highest BCUT2D eigenvalue weighted by Gasteiger charge is 2.23. The van der Waals surface area contributed by atoms with Crippen molar-refractivity contribution in [3.8, 4) is 0 Å². The summed E-state index contributed by atoms with van der Waals surface area (Å²) in [5.74, 6) is 0.368. The molecule has 1 aromatic heterocycles. The largest absolute Gasteiger partial charge is 0.465 e. The molecular formula is C9H10O2S. The van der Waals surface area contributed by atoms with Crippen molar-refractivity contribution in [1.29, 1.82) is 0 Å². The minimum absolute atomic E-state index is 0.0449. The van der Waals surface area contributed by atoms with Crippen molar-refractivity contribution in [1.82, 2.24) is 0 Å². The summed E-state index contributed by atoms with van der Waals surface area (Å²) in [5.41, 5.74) is 0. The van der Waals surface area contributed by atoms with Gasteiger partial charge < -0.3 is 4.74 Å². The molecule has 0 aromatic carbocycles. The highest BCUT2D eigenvalue weighted by atomic mass is 32.1. The van der Waals surface area contributed by atoms with Crippen molar-refractivity contribution in [2.75, 3.05) is 6.61 Å². The van der Waals surface area contributed by atoms with Gasteiger partial charge in [-0.1, -0.05) is 6.07 Å². The summed E-state index contributed by atoms with van der Waals surface area (Å²) in [6.45, 7) is 0.608. The van der Waals surface area contributed by atoms with Crippen LogP contribution in [0.5, 0.6) is 0 Å². The van der Waals surface area contributed by atoms with Crippen LogP contribution in [0.15, 0.2) is 17.5 Å². The van der Waals surface area contributed by atoms with Gasteiger partial charge in [0.05, 0.1) is 13.0 Å². The fraction of sp³-hybridized carbons (Fsp3) is 0.444. The Bertz CT molecular complexity index is 266. The van der Waals surface area contributed by atoms with Crippen molar-refractivity contribution in [2.45, 2.75) is 12.8 Å². The van der Waals surface area contributed by atoms with Crippen LogP contribution in [0.1, 0.15) is 11.3 Å². The zero-order valence-electron chi connectivity index (χ0n) is 6.66. The van der Waals surface area contributed by atoms with Crippen LogP contribution in [-0.2, 0) is 16.0 Å². The molecule has 2 rings (SSSR count). The number of carbonyl (C=O) groups is 1. The van der Waals surface area contributed by atoms with Gasteiger partial charge in [-0.3, -0.25) is 4.79 Å². The number of hydrogen-bond acceptors (Lipinski definition) is 3. The van der Waals surface area contributed by atoms with Gasteiger partial charge in [0.15, 0.2) is 0 Å². The van der Waals surface area contributed by atoms with E-state index in [1.54, 1.807) is 11.3 Å². The Morgan fingerprint density at radius 1 is 1.67 bits per heavy atom. The minimum atomic E-state index is -0.0449. The van der Waals surface area contributed by atoms with Gasteiger partial charge in [0.25, 0.3) is 0 Å². The molecule has 1 aliphatic heterocycles. The Kier molecular flexibility index (Phi) is 2.13. The van der Waals surface area contributed by atoms with Crippen LogP contribution >= 0.6 is 11.3 Å². The SMILES string of the molecule is O=C1CC(Cc2cccs2)CO1. The summed E-state index contributed by atoms with van der Waals surface area (Å²) in [5, 5.41) is 2.06. The van der Waals surface area contributed by atoms with Crippen molar-refractivity contribution in [3.63, 3.8) is 0 Å². The smallest absolute Gasteiger partial charge is 0.306 e. The first kappa shape index (κ1) is 7.80. The summed E-state index contributed by atoms with van der Waals surface area (Å²) >= 11 is 1.74. The second-order valence-electron chi connectivity index (χ2n) is 3.04. The predicted molar refractivity (Wildman–Crippen MR) is 47.1 cm³/mol. The van der Waals surface area contributed by atoms with Crippen molar-refractivity contribution in [3.05, 3.63) is 22.4 Å². The number of hydrogen-bond donors (Lipinski definition) is 0. The van der Waals surface area contributed by atoms with E-state index in [2.05, 4.69) is 11.4 Å². The van der Waals surface area contributed by atoms with Gasteiger partial charge in [-0.15, -0.1) is 11.3 Å². The molecule has 2 nitrogen and oxygen atoms in total. The summed E-state index contributed by atoms with van der Waals surface area (Å²) < 4.78 is 4.88. The lowest BCUT2D eigenvalue weighted by Crippen LogP contribution is -2.01. The zero-order valence-corrected chi connectivity index (χ0v) is 7.47. The molecule has 64 valence electrons. The molecule has 1 atom stereocenters. The standard InChI is InChI=1S/C9H10O2S/c10-9-5-7(6-11-9)4-8-2-1-3-12-8/h1-3,7H,4-6H2. The Labute approximate surface area is 75.2 Å². The summed E-state index contributed by atoms with van der Waals surface area (Å²) in [7, 11) is 0.